The highest BCUT2D eigenvalue weighted by Gasteiger charge is 2.41. The molecular formula is C62H36N6O2. The van der Waals surface area contributed by atoms with Gasteiger partial charge in [-0.05, 0) is 69.8 Å². The van der Waals surface area contributed by atoms with Crippen molar-refractivity contribution in [3.8, 4) is 68.3 Å². The van der Waals surface area contributed by atoms with E-state index >= 15 is 0 Å². The summed E-state index contributed by atoms with van der Waals surface area (Å²) in [6.07, 6.45) is 0. The third kappa shape index (κ3) is 5.90. The van der Waals surface area contributed by atoms with Crippen LogP contribution in [-0.2, 0) is 0 Å². The van der Waals surface area contributed by atoms with Crippen LogP contribution in [0.15, 0.2) is 215 Å². The summed E-state index contributed by atoms with van der Waals surface area (Å²) in [4.78, 5) is 31.0. The van der Waals surface area contributed by atoms with Crippen molar-refractivity contribution in [3.63, 3.8) is 0 Å². The summed E-state index contributed by atoms with van der Waals surface area (Å²) in [5.41, 5.74) is 16.1. The van der Waals surface area contributed by atoms with Crippen molar-refractivity contribution >= 4 is 43.9 Å². The Morgan fingerprint density at radius 1 is 0.257 bits per heavy atom. The summed E-state index contributed by atoms with van der Waals surface area (Å²) < 4.78 is 13.0. The largest absolute Gasteiger partial charge is 0.455 e. The highest BCUT2D eigenvalue weighted by Crippen LogP contribution is 2.56. The molecule has 0 fully saturated rings. The van der Waals surface area contributed by atoms with Gasteiger partial charge in [-0.2, -0.15) is 0 Å². The molecule has 70 heavy (non-hydrogen) atoms. The van der Waals surface area contributed by atoms with Gasteiger partial charge in [0.15, 0.2) is 34.9 Å². The van der Waals surface area contributed by atoms with Gasteiger partial charge >= 0.3 is 0 Å². The second-order valence-electron chi connectivity index (χ2n) is 18.1. The average Bonchev–Trinajstić information content (AvgIpc) is 4.02. The van der Waals surface area contributed by atoms with Gasteiger partial charge < -0.3 is 8.83 Å². The van der Waals surface area contributed by atoms with Gasteiger partial charge in [0.2, 0.25) is 0 Å². The standard InChI is InChI=1S/C62H36N6O2/c1-3-15-35(16-4-1)57-63-59(67-61(65-57)47-25-13-23-45-39-19-9-11-27-51(39)69-55(45)47)37-29-31-43-49(33-37)53-41-21-7-8-22-42(41)54(43)50-34-38(30-32-44(50)53)60-64-58(36-17-5-2-6-18-36)66-62(68-60)48-26-14-24-46-40-20-10-12-28-52(40)70-56(46)48/h1-34,53-54H. The lowest BCUT2D eigenvalue weighted by atomic mass is 9.61. The lowest BCUT2D eigenvalue weighted by molar-refractivity contribution is 0.669. The molecule has 2 unspecified atom stereocenters. The van der Waals surface area contributed by atoms with Gasteiger partial charge in [0.1, 0.15) is 22.3 Å². The molecule has 0 spiro atoms. The Hall–Kier alpha value is -9.40. The molecule has 2 atom stereocenters. The Morgan fingerprint density at radius 2 is 0.614 bits per heavy atom. The van der Waals surface area contributed by atoms with Crippen molar-refractivity contribution in [2.75, 3.05) is 0 Å². The molecule has 4 heterocycles. The van der Waals surface area contributed by atoms with Gasteiger partial charge in [-0.3, -0.25) is 0 Å². The first-order valence-corrected chi connectivity index (χ1v) is 23.5. The minimum atomic E-state index is -0.0149. The van der Waals surface area contributed by atoms with E-state index in [0.29, 0.717) is 34.9 Å². The minimum absolute atomic E-state index is 0.0149. The normalized spacial score (nSPS) is 14.6. The molecule has 0 amide bonds. The highest BCUT2D eigenvalue weighted by molar-refractivity contribution is 6.10. The molecule has 2 bridgehead atoms. The van der Waals surface area contributed by atoms with Crippen LogP contribution in [-0.4, -0.2) is 29.9 Å². The van der Waals surface area contributed by atoms with Crippen LogP contribution in [0.25, 0.3) is 112 Å². The van der Waals surface area contributed by atoms with Gasteiger partial charge in [0.05, 0.1) is 11.1 Å². The number of furan rings is 2. The maximum atomic E-state index is 6.50. The maximum Gasteiger partial charge on any atom is 0.167 e. The van der Waals surface area contributed by atoms with E-state index < -0.39 is 0 Å². The van der Waals surface area contributed by atoms with Crippen molar-refractivity contribution in [1.29, 1.82) is 0 Å². The fourth-order valence-electron chi connectivity index (χ4n) is 11.0. The first-order valence-electron chi connectivity index (χ1n) is 23.5. The number of fused-ring (bicyclic) bond motifs is 6. The number of hydrogen-bond donors (Lipinski definition) is 0. The van der Waals surface area contributed by atoms with E-state index in [9.17, 15) is 0 Å². The molecule has 3 aliphatic rings. The van der Waals surface area contributed by atoms with Crippen LogP contribution in [0.1, 0.15) is 45.2 Å². The number of rotatable bonds is 6. The Labute approximate surface area is 400 Å². The molecular weight excluding hydrogens is 861 g/mol. The van der Waals surface area contributed by atoms with E-state index in [-0.39, 0.29) is 11.8 Å². The van der Waals surface area contributed by atoms with Crippen molar-refractivity contribution < 1.29 is 8.83 Å². The number of para-hydroxylation sites is 4. The van der Waals surface area contributed by atoms with E-state index in [1.165, 1.54) is 33.4 Å². The summed E-state index contributed by atoms with van der Waals surface area (Å²) in [7, 11) is 0. The molecule has 0 saturated heterocycles. The smallest absolute Gasteiger partial charge is 0.167 e. The minimum Gasteiger partial charge on any atom is -0.455 e. The summed E-state index contributed by atoms with van der Waals surface area (Å²) in [5, 5.41) is 4.16. The Balaban J connectivity index is 0.874. The summed E-state index contributed by atoms with van der Waals surface area (Å²) >= 11 is 0. The first-order chi connectivity index (χ1) is 34.7. The fourth-order valence-corrected chi connectivity index (χ4v) is 11.0. The zero-order chi connectivity index (χ0) is 45.9. The van der Waals surface area contributed by atoms with E-state index in [4.69, 9.17) is 38.7 Å². The monoisotopic (exact) mass is 896 g/mol. The van der Waals surface area contributed by atoms with Crippen LogP contribution in [0.4, 0.5) is 0 Å². The van der Waals surface area contributed by atoms with E-state index in [2.05, 4.69) is 84.9 Å². The van der Waals surface area contributed by atoms with E-state index in [0.717, 1.165) is 77.3 Å². The van der Waals surface area contributed by atoms with Crippen LogP contribution in [0.5, 0.6) is 0 Å². The lowest BCUT2D eigenvalue weighted by Crippen LogP contribution is -2.27. The van der Waals surface area contributed by atoms with Crippen LogP contribution in [0.3, 0.4) is 0 Å². The Bertz CT molecular complexity index is 4000. The Morgan fingerprint density at radius 3 is 1.07 bits per heavy atom. The number of benzene rings is 9. The lowest BCUT2D eigenvalue weighted by Gasteiger charge is -2.42. The number of nitrogens with zero attached hydrogens (tertiary/aromatic N) is 6. The van der Waals surface area contributed by atoms with Gasteiger partial charge in [-0.1, -0.05) is 170 Å². The third-order valence-electron chi connectivity index (χ3n) is 14.2. The van der Waals surface area contributed by atoms with Crippen LogP contribution in [0.2, 0.25) is 0 Å². The van der Waals surface area contributed by atoms with E-state index in [1.54, 1.807) is 0 Å². The molecule has 8 nitrogen and oxygen atoms in total. The second-order valence-corrected chi connectivity index (χ2v) is 18.1. The topological polar surface area (TPSA) is 104 Å². The first kappa shape index (κ1) is 38.7. The zero-order valence-electron chi connectivity index (χ0n) is 37.3. The molecule has 16 rings (SSSR count). The summed E-state index contributed by atoms with van der Waals surface area (Å²) in [5.74, 6) is 3.48. The molecule has 13 aromatic rings. The van der Waals surface area contributed by atoms with Gasteiger partial charge in [0.25, 0.3) is 0 Å². The predicted octanol–water partition coefficient (Wildman–Crippen LogP) is 14.8. The fraction of sp³-hybridized carbons (Fsp3) is 0.0323. The van der Waals surface area contributed by atoms with Crippen molar-refractivity contribution in [2.45, 2.75) is 11.8 Å². The van der Waals surface area contributed by atoms with Gasteiger partial charge in [-0.15, -0.1) is 0 Å². The average molecular weight is 897 g/mol. The number of aromatic nitrogens is 6. The molecule has 9 aromatic carbocycles. The molecule has 0 aliphatic heterocycles. The molecule has 8 heteroatoms. The molecule has 0 saturated carbocycles. The summed E-state index contributed by atoms with van der Waals surface area (Å²) in [6.45, 7) is 0. The molecule has 0 radical (unpaired) electrons. The molecule has 4 aromatic heterocycles. The Kier molecular flexibility index (Phi) is 8.32. The van der Waals surface area contributed by atoms with Gasteiger partial charge in [0, 0.05) is 55.6 Å². The molecule has 326 valence electrons. The summed E-state index contributed by atoms with van der Waals surface area (Å²) in [6, 6.07) is 71.2. The van der Waals surface area contributed by atoms with Crippen LogP contribution >= 0.6 is 0 Å². The third-order valence-corrected chi connectivity index (χ3v) is 14.2. The van der Waals surface area contributed by atoms with Crippen molar-refractivity contribution in [2.24, 2.45) is 0 Å². The van der Waals surface area contributed by atoms with Crippen molar-refractivity contribution in [1.82, 2.24) is 29.9 Å². The molecule has 0 N–H and O–H groups in total. The van der Waals surface area contributed by atoms with Gasteiger partial charge in [-0.25, -0.2) is 29.9 Å². The quantitative estimate of drug-likeness (QED) is 0.163. The molecule has 3 aliphatic carbocycles. The second kappa shape index (κ2) is 15.1. The highest BCUT2D eigenvalue weighted by atomic mass is 16.3. The van der Waals surface area contributed by atoms with Crippen LogP contribution in [0, 0.1) is 0 Å². The SMILES string of the molecule is c1ccc(-c2nc(-c3ccc4c(c3)C3c5ccccc5C4c4cc(-c5nc(-c6ccccc6)nc(-c6cccc7c6oc6ccccc67)n5)ccc43)nc(-c3cccc4c3oc3ccccc34)n2)cc1. The predicted molar refractivity (Wildman–Crippen MR) is 275 cm³/mol. The maximum absolute atomic E-state index is 6.50. The number of hydrogen-bond acceptors (Lipinski definition) is 8. The zero-order valence-corrected chi connectivity index (χ0v) is 37.3. The van der Waals surface area contributed by atoms with Crippen molar-refractivity contribution in [3.05, 3.63) is 240 Å². The van der Waals surface area contributed by atoms with Crippen LogP contribution < -0.4 is 0 Å². The van der Waals surface area contributed by atoms with E-state index in [1.807, 2.05) is 121 Å².